The fraction of sp³-hybridized carbons (Fsp3) is 0.650. The molecule has 0 spiro atoms. The van der Waals surface area contributed by atoms with Gasteiger partial charge >= 0.3 is 5.69 Å². The van der Waals surface area contributed by atoms with Crippen molar-refractivity contribution in [1.29, 1.82) is 5.39 Å². The zero-order valence-corrected chi connectivity index (χ0v) is 18.7. The number of aliphatic hydroxyl groups excluding tert-OH is 3. The molecule has 5 atom stereocenters. The number of nitrogens with zero attached hydrogens (tertiary/aromatic N) is 3. The molecule has 14 heteroatoms. The first kappa shape index (κ1) is 27.5. The molecule has 0 aliphatic carbocycles. The monoisotopic (exact) mass is 484 g/mol. The molecule has 2 amide bonds. The Hall–Kier alpha value is -2.77. The van der Waals surface area contributed by atoms with Gasteiger partial charge in [0.1, 0.15) is 36.2 Å². The fourth-order valence-electron chi connectivity index (χ4n) is 3.06. The Morgan fingerprint density at radius 1 is 1.15 bits per heavy atom. The quantitative estimate of drug-likeness (QED) is 0.158. The largest absolute Gasteiger partial charge is 0.403 e. The normalized spacial score (nSPS) is 24.3. The van der Waals surface area contributed by atoms with Crippen LogP contribution >= 0.6 is 0 Å². The van der Waals surface area contributed by atoms with Crippen LogP contribution < -0.4 is 10.6 Å². The molecule has 0 radical (unpaired) electrons. The highest BCUT2D eigenvalue weighted by molar-refractivity contribution is 5.92. The van der Waals surface area contributed by atoms with Crippen LogP contribution in [0.3, 0.4) is 0 Å². The molecule has 1 aromatic heterocycles. The third-order valence-corrected chi connectivity index (χ3v) is 4.76. The molecule has 188 valence electrons. The number of ether oxygens (including phenoxy) is 4. The van der Waals surface area contributed by atoms with Crippen molar-refractivity contribution < 1.29 is 43.9 Å². The number of diazo groups is 1. The Bertz CT molecular complexity index is 820. The van der Waals surface area contributed by atoms with E-state index in [1.165, 1.54) is 25.3 Å². The van der Waals surface area contributed by atoms with Gasteiger partial charge in [0.2, 0.25) is 11.3 Å². The second-order valence-corrected chi connectivity index (χ2v) is 7.29. The topological polar surface area (TPSA) is 197 Å². The molecule has 34 heavy (non-hydrogen) atoms. The van der Waals surface area contributed by atoms with Crippen LogP contribution in [0.1, 0.15) is 17.4 Å². The van der Waals surface area contributed by atoms with Crippen LogP contribution in [-0.4, -0.2) is 109 Å². The molecule has 1 aromatic rings. The van der Waals surface area contributed by atoms with E-state index in [4.69, 9.17) is 24.3 Å². The van der Waals surface area contributed by atoms with Gasteiger partial charge in [0.25, 0.3) is 5.91 Å². The lowest BCUT2D eigenvalue weighted by Crippen LogP contribution is -2.64. The summed E-state index contributed by atoms with van der Waals surface area (Å²) < 4.78 is 21.7. The van der Waals surface area contributed by atoms with Crippen molar-refractivity contribution in [2.24, 2.45) is 0 Å². The number of nitrogens with one attached hydrogen (secondary N) is 2. The molecule has 14 nitrogen and oxygen atoms in total. The van der Waals surface area contributed by atoms with E-state index in [9.17, 15) is 24.9 Å². The van der Waals surface area contributed by atoms with Crippen LogP contribution in [0.4, 0.5) is 5.69 Å². The van der Waals surface area contributed by atoms with E-state index in [0.717, 1.165) is 0 Å². The maximum absolute atomic E-state index is 11.9. The highest BCUT2D eigenvalue weighted by atomic mass is 16.7. The van der Waals surface area contributed by atoms with Crippen LogP contribution in [0, 0.1) is 5.39 Å². The second kappa shape index (κ2) is 14.5. The molecule has 0 saturated carbocycles. The molecule has 5 N–H and O–H groups in total. The van der Waals surface area contributed by atoms with Crippen LogP contribution in [0.15, 0.2) is 18.3 Å². The Kier molecular flexibility index (Phi) is 11.7. The molecular formula is C20H30N5O9+. The van der Waals surface area contributed by atoms with Gasteiger partial charge in [-0.25, -0.2) is 4.98 Å². The van der Waals surface area contributed by atoms with Gasteiger partial charge < -0.3 is 44.9 Å². The standard InChI is InChI=1S/C20H29N5O9/c1-12(27)24-16-18(29)17(28)15(11-26)34-20(16)33-9-8-32-7-6-31-5-4-22-19(30)14-3-2-13(25-21)10-23-14/h2-3,10,15-18,20,26,28-29H,4-9,11H2,1H3,(H-,22,24,27,30)/p+1/t15?,16?,17-,18+,20+/m0/s1. The van der Waals surface area contributed by atoms with Crippen molar-refractivity contribution in [3.63, 3.8) is 0 Å². The predicted octanol–water partition coefficient (Wildman–Crippen LogP) is -1.71. The lowest BCUT2D eigenvalue weighted by atomic mass is 9.97. The minimum absolute atomic E-state index is 0.0626. The van der Waals surface area contributed by atoms with Crippen molar-refractivity contribution in [3.05, 3.63) is 29.0 Å². The molecule has 1 saturated heterocycles. The summed E-state index contributed by atoms with van der Waals surface area (Å²) in [4.78, 5) is 30.1. The van der Waals surface area contributed by atoms with Crippen LogP contribution in [0.5, 0.6) is 0 Å². The van der Waals surface area contributed by atoms with Gasteiger partial charge in [0.05, 0.1) is 39.6 Å². The SMILES string of the molecule is CC(=O)NC1[C@H](OCCOCCOCCNC(=O)c2ccc([N+]#N)cn2)OC(CO)[C@H](O)[C@@H]1O. The smallest absolute Gasteiger partial charge is 0.394 e. The second-order valence-electron chi connectivity index (χ2n) is 7.29. The minimum atomic E-state index is -1.38. The molecule has 0 bridgehead atoms. The number of hydrogen-bond acceptors (Lipinski definition) is 11. The number of aromatic nitrogens is 1. The van der Waals surface area contributed by atoms with E-state index in [1.54, 1.807) is 0 Å². The zero-order valence-electron chi connectivity index (χ0n) is 18.7. The third-order valence-electron chi connectivity index (χ3n) is 4.76. The summed E-state index contributed by atoms with van der Waals surface area (Å²) >= 11 is 0. The van der Waals surface area contributed by atoms with Gasteiger partial charge in [-0.15, -0.1) is 0 Å². The molecule has 1 aliphatic rings. The van der Waals surface area contributed by atoms with E-state index in [1.807, 2.05) is 0 Å². The van der Waals surface area contributed by atoms with E-state index in [2.05, 4.69) is 20.6 Å². The molecule has 2 heterocycles. The summed E-state index contributed by atoms with van der Waals surface area (Å²) in [5.74, 6) is -0.822. The summed E-state index contributed by atoms with van der Waals surface area (Å²) in [5, 5.41) is 43.2. The highest BCUT2D eigenvalue weighted by Gasteiger charge is 2.45. The number of aliphatic hydroxyl groups is 3. The Labute approximate surface area is 195 Å². The van der Waals surface area contributed by atoms with Gasteiger partial charge in [-0.1, -0.05) is 0 Å². The molecule has 1 fully saturated rings. The number of hydrogen-bond donors (Lipinski definition) is 5. The zero-order chi connectivity index (χ0) is 24.9. The van der Waals surface area contributed by atoms with E-state index < -0.39 is 43.2 Å². The molecule has 2 rings (SSSR count). The van der Waals surface area contributed by atoms with Crippen LogP contribution in [0.2, 0.25) is 0 Å². The van der Waals surface area contributed by atoms with E-state index >= 15 is 0 Å². The first-order chi connectivity index (χ1) is 16.4. The van der Waals surface area contributed by atoms with Crippen molar-refractivity contribution in [1.82, 2.24) is 15.6 Å². The van der Waals surface area contributed by atoms with E-state index in [0.29, 0.717) is 0 Å². The molecule has 1 aliphatic heterocycles. The lowest BCUT2D eigenvalue weighted by molar-refractivity contribution is -0.272. The molecular weight excluding hydrogens is 454 g/mol. The van der Waals surface area contributed by atoms with Crippen molar-refractivity contribution >= 4 is 17.5 Å². The Morgan fingerprint density at radius 2 is 1.85 bits per heavy atom. The van der Waals surface area contributed by atoms with Gasteiger partial charge in [-0.3, -0.25) is 9.59 Å². The van der Waals surface area contributed by atoms with Crippen LogP contribution in [0.25, 0.3) is 4.98 Å². The third kappa shape index (κ3) is 8.54. The number of amides is 2. The maximum Gasteiger partial charge on any atom is 0.403 e. The summed E-state index contributed by atoms with van der Waals surface area (Å²) in [6, 6.07) is 1.88. The summed E-state index contributed by atoms with van der Waals surface area (Å²) in [6.45, 7) is 2.00. The number of pyridine rings is 1. The Balaban J connectivity index is 1.57. The van der Waals surface area contributed by atoms with Gasteiger partial charge in [-0.05, 0) is 6.07 Å². The van der Waals surface area contributed by atoms with Gasteiger partial charge in [0.15, 0.2) is 11.3 Å². The van der Waals surface area contributed by atoms with Gasteiger partial charge in [-0.2, -0.15) is 0 Å². The maximum atomic E-state index is 11.9. The highest BCUT2D eigenvalue weighted by Crippen LogP contribution is 2.22. The Morgan fingerprint density at radius 3 is 2.47 bits per heavy atom. The van der Waals surface area contributed by atoms with Crippen molar-refractivity contribution in [2.75, 3.05) is 46.2 Å². The average Bonchev–Trinajstić information content (AvgIpc) is 2.84. The summed E-state index contributed by atoms with van der Waals surface area (Å²) in [7, 11) is 0. The predicted molar refractivity (Wildman–Crippen MR) is 114 cm³/mol. The van der Waals surface area contributed by atoms with Crippen LogP contribution in [-0.2, 0) is 23.7 Å². The summed E-state index contributed by atoms with van der Waals surface area (Å²) in [5.41, 5.74) is 0.431. The molecule has 2 unspecified atom stereocenters. The first-order valence-electron chi connectivity index (χ1n) is 10.6. The fourth-order valence-corrected chi connectivity index (χ4v) is 3.06. The van der Waals surface area contributed by atoms with Crippen molar-refractivity contribution in [2.45, 2.75) is 37.6 Å². The average molecular weight is 484 g/mol. The number of carbonyl (C=O) groups is 2. The minimum Gasteiger partial charge on any atom is -0.394 e. The van der Waals surface area contributed by atoms with E-state index in [-0.39, 0.29) is 56.9 Å². The van der Waals surface area contributed by atoms with Crippen molar-refractivity contribution in [3.8, 4) is 0 Å². The number of carbonyl (C=O) groups excluding carboxylic acids is 2. The lowest BCUT2D eigenvalue weighted by Gasteiger charge is -2.42. The number of rotatable bonds is 13. The van der Waals surface area contributed by atoms with Gasteiger partial charge in [0, 0.05) is 19.5 Å². The first-order valence-corrected chi connectivity index (χ1v) is 10.6. The molecule has 0 aromatic carbocycles. The summed E-state index contributed by atoms with van der Waals surface area (Å²) in [6.07, 6.45) is -3.61.